The third kappa shape index (κ3) is 5.92. The molecule has 0 aromatic carbocycles. The van der Waals surface area contributed by atoms with Crippen LogP contribution >= 0.6 is 0 Å². The number of hydrogen-bond donors (Lipinski definition) is 1. The highest BCUT2D eigenvalue weighted by Gasteiger charge is 2.27. The third-order valence-corrected chi connectivity index (χ3v) is 4.33. The molecule has 4 heteroatoms. The van der Waals surface area contributed by atoms with Crippen LogP contribution < -0.4 is 0 Å². The van der Waals surface area contributed by atoms with Crippen LogP contribution in [0, 0.1) is 5.92 Å². The zero-order valence-corrected chi connectivity index (χ0v) is 10.7. The van der Waals surface area contributed by atoms with Crippen molar-refractivity contribution in [2.75, 3.05) is 5.75 Å². The lowest BCUT2D eigenvalue weighted by molar-refractivity contribution is -0.137. The lowest BCUT2D eigenvalue weighted by Crippen LogP contribution is -2.32. The van der Waals surface area contributed by atoms with Gasteiger partial charge < -0.3 is 5.11 Å². The summed E-state index contributed by atoms with van der Waals surface area (Å²) in [5.41, 5.74) is 0. The second-order valence-corrected chi connectivity index (χ2v) is 5.83. The summed E-state index contributed by atoms with van der Waals surface area (Å²) in [7, 11) is -1.22. The smallest absolute Gasteiger partial charge is 0.319 e. The van der Waals surface area contributed by atoms with E-state index in [1.165, 1.54) is 0 Å². The van der Waals surface area contributed by atoms with Crippen molar-refractivity contribution >= 4 is 16.8 Å². The predicted molar refractivity (Wildman–Crippen MR) is 63.4 cm³/mol. The molecule has 0 aliphatic carbocycles. The van der Waals surface area contributed by atoms with Crippen molar-refractivity contribution in [1.29, 1.82) is 0 Å². The zero-order chi connectivity index (χ0) is 11.8. The topological polar surface area (TPSA) is 54.4 Å². The number of carboxylic acids is 1. The highest BCUT2D eigenvalue weighted by Crippen LogP contribution is 2.12. The molecule has 2 unspecified atom stereocenters. The summed E-state index contributed by atoms with van der Waals surface area (Å²) in [6.45, 7) is 5.73. The monoisotopic (exact) mass is 234 g/mol. The van der Waals surface area contributed by atoms with Crippen molar-refractivity contribution in [3.63, 3.8) is 0 Å². The van der Waals surface area contributed by atoms with Gasteiger partial charge in [0, 0.05) is 16.6 Å². The number of unbranched alkanes of at least 4 members (excludes halogenated alkanes) is 3. The van der Waals surface area contributed by atoms with Gasteiger partial charge in [0.25, 0.3) is 0 Å². The summed E-state index contributed by atoms with van der Waals surface area (Å²) in [6.07, 6.45) is 4.19. The Bertz CT molecular complexity index is 214. The molecule has 0 rings (SSSR count). The summed E-state index contributed by atoms with van der Waals surface area (Å²) in [4.78, 5) is 10.9. The summed E-state index contributed by atoms with van der Waals surface area (Å²) in [5.74, 6) is -0.469. The van der Waals surface area contributed by atoms with Gasteiger partial charge in [0.15, 0.2) is 0 Å². The van der Waals surface area contributed by atoms with Crippen LogP contribution in [0.2, 0.25) is 0 Å². The Morgan fingerprint density at radius 1 is 1.27 bits per heavy atom. The molecule has 0 aliphatic rings. The van der Waals surface area contributed by atoms with Crippen LogP contribution in [-0.4, -0.2) is 26.3 Å². The molecule has 0 aliphatic heterocycles. The van der Waals surface area contributed by atoms with Gasteiger partial charge in [-0.15, -0.1) is 0 Å². The van der Waals surface area contributed by atoms with E-state index in [9.17, 15) is 9.00 Å². The van der Waals surface area contributed by atoms with E-state index in [1.807, 2.05) is 13.8 Å². The third-order valence-electron chi connectivity index (χ3n) is 2.33. The first kappa shape index (κ1) is 14.6. The lowest BCUT2D eigenvalue weighted by Gasteiger charge is -2.15. The van der Waals surface area contributed by atoms with Gasteiger partial charge in [0.05, 0.1) is 0 Å². The minimum Gasteiger partial charge on any atom is -0.480 e. The van der Waals surface area contributed by atoms with Crippen molar-refractivity contribution in [2.45, 2.75) is 51.7 Å². The number of rotatable bonds is 8. The molecular weight excluding hydrogens is 212 g/mol. The van der Waals surface area contributed by atoms with Gasteiger partial charge in [-0.1, -0.05) is 40.0 Å². The van der Waals surface area contributed by atoms with E-state index in [-0.39, 0.29) is 5.92 Å². The first-order valence-electron chi connectivity index (χ1n) is 5.60. The van der Waals surface area contributed by atoms with Crippen LogP contribution in [0.1, 0.15) is 46.5 Å². The van der Waals surface area contributed by atoms with Crippen LogP contribution in [0.5, 0.6) is 0 Å². The van der Waals surface area contributed by atoms with Crippen LogP contribution in [-0.2, 0) is 15.6 Å². The SMILES string of the molecule is CCCCCCS(=O)C(C(=O)O)C(C)C. The molecule has 15 heavy (non-hydrogen) atoms. The minimum absolute atomic E-state index is 0.0606. The average Bonchev–Trinajstić information content (AvgIpc) is 2.11. The summed E-state index contributed by atoms with van der Waals surface area (Å²) in [6, 6.07) is 0. The molecule has 0 aromatic heterocycles. The van der Waals surface area contributed by atoms with Crippen LogP contribution in [0.3, 0.4) is 0 Å². The fourth-order valence-corrected chi connectivity index (χ4v) is 3.07. The van der Waals surface area contributed by atoms with E-state index in [2.05, 4.69) is 6.92 Å². The average molecular weight is 234 g/mol. The first-order chi connectivity index (χ1) is 7.00. The fourth-order valence-electron chi connectivity index (χ4n) is 1.50. The van der Waals surface area contributed by atoms with Gasteiger partial charge in [-0.05, 0) is 12.3 Å². The molecule has 2 atom stereocenters. The van der Waals surface area contributed by atoms with E-state index in [1.54, 1.807) is 0 Å². The van der Waals surface area contributed by atoms with Gasteiger partial charge in [0.1, 0.15) is 5.25 Å². The molecule has 0 aromatic rings. The Hall–Kier alpha value is -0.380. The molecule has 1 N–H and O–H groups in total. The van der Waals surface area contributed by atoms with Crippen molar-refractivity contribution in [3.05, 3.63) is 0 Å². The molecule has 0 spiro atoms. The molecule has 0 saturated carbocycles. The van der Waals surface area contributed by atoms with Gasteiger partial charge in [-0.3, -0.25) is 9.00 Å². The lowest BCUT2D eigenvalue weighted by atomic mass is 10.1. The quantitative estimate of drug-likeness (QED) is 0.656. The van der Waals surface area contributed by atoms with Gasteiger partial charge in [-0.25, -0.2) is 0 Å². The van der Waals surface area contributed by atoms with Crippen molar-refractivity contribution in [2.24, 2.45) is 5.92 Å². The minimum atomic E-state index is -1.22. The summed E-state index contributed by atoms with van der Waals surface area (Å²) in [5, 5.41) is 8.22. The predicted octanol–water partition coefficient (Wildman–Crippen LogP) is 2.42. The number of carboxylic acid groups (broad SMARTS) is 1. The first-order valence-corrected chi connectivity index (χ1v) is 6.98. The molecule has 0 heterocycles. The highest BCUT2D eigenvalue weighted by atomic mass is 32.2. The largest absolute Gasteiger partial charge is 0.480 e. The summed E-state index contributed by atoms with van der Waals surface area (Å²) < 4.78 is 11.7. The fraction of sp³-hybridized carbons (Fsp3) is 0.909. The van der Waals surface area contributed by atoms with E-state index < -0.39 is 22.0 Å². The van der Waals surface area contributed by atoms with Crippen LogP contribution in [0.25, 0.3) is 0 Å². The van der Waals surface area contributed by atoms with E-state index >= 15 is 0 Å². The molecule has 0 radical (unpaired) electrons. The Kier molecular flexibility index (Phi) is 7.65. The Morgan fingerprint density at radius 3 is 2.27 bits per heavy atom. The van der Waals surface area contributed by atoms with Crippen molar-refractivity contribution < 1.29 is 14.1 Å². The maximum absolute atomic E-state index is 11.7. The summed E-state index contributed by atoms with van der Waals surface area (Å²) >= 11 is 0. The zero-order valence-electron chi connectivity index (χ0n) is 9.86. The second-order valence-electron chi connectivity index (χ2n) is 4.15. The van der Waals surface area contributed by atoms with Gasteiger partial charge >= 0.3 is 5.97 Å². The molecular formula is C11H22O3S. The molecule has 90 valence electrons. The standard InChI is InChI=1S/C11H22O3S/c1-4-5-6-7-8-15(14)10(9(2)3)11(12)13/h9-10H,4-8H2,1-3H3,(H,12,13). The number of hydrogen-bond acceptors (Lipinski definition) is 2. The van der Waals surface area contributed by atoms with E-state index in [4.69, 9.17) is 5.11 Å². The Balaban J connectivity index is 3.99. The number of carbonyl (C=O) groups is 1. The van der Waals surface area contributed by atoms with Crippen LogP contribution in [0.4, 0.5) is 0 Å². The van der Waals surface area contributed by atoms with E-state index in [0.29, 0.717) is 5.75 Å². The van der Waals surface area contributed by atoms with Gasteiger partial charge in [-0.2, -0.15) is 0 Å². The Labute approximate surface area is 94.7 Å². The maximum atomic E-state index is 11.7. The van der Waals surface area contributed by atoms with Crippen LogP contribution in [0.15, 0.2) is 0 Å². The van der Waals surface area contributed by atoms with E-state index in [0.717, 1.165) is 25.7 Å². The molecule has 0 amide bonds. The Morgan fingerprint density at radius 2 is 1.87 bits per heavy atom. The molecule has 0 bridgehead atoms. The normalized spacial score (nSPS) is 15.2. The highest BCUT2D eigenvalue weighted by molar-refractivity contribution is 7.86. The second kappa shape index (κ2) is 7.85. The maximum Gasteiger partial charge on any atom is 0.319 e. The molecule has 3 nitrogen and oxygen atoms in total. The van der Waals surface area contributed by atoms with Crippen molar-refractivity contribution in [3.8, 4) is 0 Å². The molecule has 0 fully saturated rings. The van der Waals surface area contributed by atoms with Gasteiger partial charge in [0.2, 0.25) is 0 Å². The van der Waals surface area contributed by atoms with Crippen molar-refractivity contribution in [1.82, 2.24) is 0 Å². The number of aliphatic carboxylic acids is 1. The molecule has 0 saturated heterocycles.